The van der Waals surface area contributed by atoms with Crippen molar-refractivity contribution >= 4 is 11.5 Å². The van der Waals surface area contributed by atoms with E-state index in [0.29, 0.717) is 12.1 Å². The van der Waals surface area contributed by atoms with Crippen molar-refractivity contribution in [1.29, 1.82) is 0 Å². The summed E-state index contributed by atoms with van der Waals surface area (Å²) in [7, 11) is 0.972. The predicted molar refractivity (Wildman–Crippen MR) is 80.2 cm³/mol. The molecular formula is C18H10F6O2. The average molecular weight is 372 g/mol. The number of rotatable bonds is 2. The minimum absolute atomic E-state index is 0.336. The summed E-state index contributed by atoms with van der Waals surface area (Å²) in [5.41, 5.74) is -3.83. The first-order chi connectivity index (χ1) is 12.1. The fourth-order valence-corrected chi connectivity index (χ4v) is 2.86. The van der Waals surface area contributed by atoms with Crippen LogP contribution in [0.25, 0.3) is 5.57 Å². The van der Waals surface area contributed by atoms with E-state index < -0.39 is 51.7 Å². The zero-order valence-corrected chi connectivity index (χ0v) is 13.1. The Balaban J connectivity index is 2.27. The number of halogens is 6. The average Bonchev–Trinajstić information content (AvgIpc) is 2.83. The van der Waals surface area contributed by atoms with Crippen LogP contribution in [0, 0.1) is 5.82 Å². The summed E-state index contributed by atoms with van der Waals surface area (Å²) in [5, 5.41) is 0. The maximum Gasteiger partial charge on any atom is 0.417 e. The molecule has 3 rings (SSSR count). The van der Waals surface area contributed by atoms with Crippen LogP contribution >= 0.6 is 0 Å². The lowest BCUT2D eigenvalue weighted by Gasteiger charge is -2.15. The molecule has 1 aliphatic carbocycles. The quantitative estimate of drug-likeness (QED) is 0.537. The van der Waals surface area contributed by atoms with E-state index >= 15 is 0 Å². The first-order valence-corrected chi connectivity index (χ1v) is 7.26. The highest BCUT2D eigenvalue weighted by atomic mass is 19.4. The van der Waals surface area contributed by atoms with Crippen LogP contribution in [0.4, 0.5) is 26.3 Å². The van der Waals surface area contributed by atoms with E-state index in [0.717, 1.165) is 31.4 Å². The number of allylic oxidation sites excluding steroid dienone is 1. The summed E-state index contributed by atoms with van der Waals surface area (Å²) in [4.78, 5) is 11.6. The molecule has 0 radical (unpaired) electrons. The predicted octanol–water partition coefficient (Wildman–Crippen LogP) is 5.17. The topological polar surface area (TPSA) is 26.3 Å². The molecule has 0 N–H and O–H groups in total. The number of hydrogen-bond acceptors (Lipinski definition) is 2. The van der Waals surface area contributed by atoms with Crippen molar-refractivity contribution in [3.05, 3.63) is 76.1 Å². The highest BCUT2D eigenvalue weighted by molar-refractivity contribution is 5.94. The van der Waals surface area contributed by atoms with Crippen LogP contribution in [0.2, 0.25) is 0 Å². The third-order valence-corrected chi connectivity index (χ3v) is 4.01. The molecule has 2 nitrogen and oxygen atoms in total. The van der Waals surface area contributed by atoms with E-state index in [1.807, 2.05) is 0 Å². The fourth-order valence-electron chi connectivity index (χ4n) is 2.86. The van der Waals surface area contributed by atoms with Gasteiger partial charge < -0.3 is 4.74 Å². The summed E-state index contributed by atoms with van der Waals surface area (Å²) in [6.07, 6.45) is -4.44. The van der Waals surface area contributed by atoms with Crippen molar-refractivity contribution in [3.8, 4) is 0 Å². The molecule has 0 saturated heterocycles. The van der Waals surface area contributed by atoms with Gasteiger partial charge in [0.15, 0.2) is 0 Å². The zero-order chi connectivity index (χ0) is 19.3. The Morgan fingerprint density at radius 1 is 1.08 bits per heavy atom. The number of esters is 1. The molecule has 0 aromatic heterocycles. The molecule has 0 amide bonds. The number of carbonyl (C=O) groups excluding carboxylic acids is 1. The molecule has 0 saturated carbocycles. The first kappa shape index (κ1) is 18.0. The first-order valence-electron chi connectivity index (χ1n) is 7.26. The van der Waals surface area contributed by atoms with Crippen LogP contribution in [-0.2, 0) is 16.8 Å². The van der Waals surface area contributed by atoms with E-state index in [9.17, 15) is 31.1 Å². The van der Waals surface area contributed by atoms with Crippen molar-refractivity contribution in [3.63, 3.8) is 0 Å². The molecule has 0 aliphatic heterocycles. The van der Waals surface area contributed by atoms with Gasteiger partial charge in [0, 0.05) is 5.56 Å². The Labute approximate surface area is 143 Å². The van der Waals surface area contributed by atoms with Crippen molar-refractivity contribution in [2.24, 2.45) is 0 Å². The van der Waals surface area contributed by atoms with Gasteiger partial charge >= 0.3 is 12.1 Å². The van der Waals surface area contributed by atoms with Gasteiger partial charge in [0.2, 0.25) is 0 Å². The molecule has 0 fully saturated rings. The van der Waals surface area contributed by atoms with Gasteiger partial charge in [-0.1, -0.05) is 18.2 Å². The second kappa shape index (κ2) is 5.89. The molecule has 0 heterocycles. The van der Waals surface area contributed by atoms with E-state index in [-0.39, 0.29) is 5.56 Å². The number of fused-ring (bicyclic) bond motifs is 1. The standard InChI is InChI=1S/C18H10F6O2/c1-26-16(25)11-6-10-12(8-17(20,21)14(10)7-15(11)19)9-4-2-3-5-13(9)18(22,23)24/h2-8H,1H3. The van der Waals surface area contributed by atoms with Gasteiger partial charge in [0.25, 0.3) is 5.92 Å². The maximum absolute atomic E-state index is 14.3. The molecule has 0 unspecified atom stereocenters. The highest BCUT2D eigenvalue weighted by Crippen LogP contribution is 2.48. The lowest BCUT2D eigenvalue weighted by atomic mass is 9.93. The molecule has 136 valence electrons. The van der Waals surface area contributed by atoms with Crippen LogP contribution in [0.1, 0.15) is 32.6 Å². The number of hydrogen-bond donors (Lipinski definition) is 0. The minimum Gasteiger partial charge on any atom is -0.465 e. The molecule has 2 aromatic rings. The molecule has 2 aromatic carbocycles. The monoisotopic (exact) mass is 372 g/mol. The van der Waals surface area contributed by atoms with Gasteiger partial charge in [-0.05, 0) is 41.0 Å². The molecule has 8 heteroatoms. The fraction of sp³-hybridized carbons (Fsp3) is 0.167. The largest absolute Gasteiger partial charge is 0.465 e. The Hall–Kier alpha value is -2.77. The number of methoxy groups -OCH3 is 1. The van der Waals surface area contributed by atoms with Gasteiger partial charge in [-0.25, -0.2) is 9.18 Å². The Morgan fingerprint density at radius 2 is 1.73 bits per heavy atom. The van der Waals surface area contributed by atoms with Crippen LogP contribution in [0.15, 0.2) is 42.5 Å². The number of benzene rings is 2. The third-order valence-electron chi connectivity index (χ3n) is 4.01. The smallest absolute Gasteiger partial charge is 0.417 e. The second-order valence-corrected chi connectivity index (χ2v) is 5.59. The van der Waals surface area contributed by atoms with Crippen LogP contribution < -0.4 is 0 Å². The van der Waals surface area contributed by atoms with Gasteiger partial charge in [-0.2, -0.15) is 22.0 Å². The molecule has 0 spiro atoms. The van der Waals surface area contributed by atoms with Gasteiger partial charge in [0.05, 0.1) is 18.2 Å². The van der Waals surface area contributed by atoms with Crippen molar-refractivity contribution in [2.45, 2.75) is 12.1 Å². The lowest BCUT2D eigenvalue weighted by Crippen LogP contribution is -2.11. The summed E-state index contributed by atoms with van der Waals surface area (Å²) >= 11 is 0. The minimum atomic E-state index is -4.78. The van der Waals surface area contributed by atoms with Gasteiger partial charge in [-0.3, -0.25) is 0 Å². The van der Waals surface area contributed by atoms with Crippen LogP contribution in [0.5, 0.6) is 0 Å². The van der Waals surface area contributed by atoms with Crippen LogP contribution in [-0.4, -0.2) is 13.1 Å². The SMILES string of the molecule is COC(=O)c1cc2c(cc1F)C(F)(F)C=C2c1ccccc1C(F)(F)F. The molecule has 0 bridgehead atoms. The summed E-state index contributed by atoms with van der Waals surface area (Å²) in [5.74, 6) is -6.04. The van der Waals surface area contributed by atoms with E-state index in [2.05, 4.69) is 4.74 Å². The van der Waals surface area contributed by atoms with Crippen molar-refractivity contribution in [2.75, 3.05) is 7.11 Å². The lowest BCUT2D eigenvalue weighted by molar-refractivity contribution is -0.137. The Morgan fingerprint density at radius 3 is 2.35 bits per heavy atom. The van der Waals surface area contributed by atoms with Crippen molar-refractivity contribution in [1.82, 2.24) is 0 Å². The number of ether oxygens (including phenoxy) is 1. The van der Waals surface area contributed by atoms with Gasteiger partial charge in [0.1, 0.15) is 5.82 Å². The molecule has 1 aliphatic rings. The zero-order valence-electron chi connectivity index (χ0n) is 13.1. The van der Waals surface area contributed by atoms with Gasteiger partial charge in [-0.15, -0.1) is 0 Å². The molecular weight excluding hydrogens is 362 g/mol. The number of carbonyl (C=O) groups is 1. The van der Waals surface area contributed by atoms with Crippen LogP contribution in [0.3, 0.4) is 0 Å². The number of alkyl halides is 5. The molecule has 26 heavy (non-hydrogen) atoms. The van der Waals surface area contributed by atoms with E-state index in [1.165, 1.54) is 6.07 Å². The Kier molecular flexibility index (Phi) is 4.09. The summed E-state index contributed by atoms with van der Waals surface area (Å²) < 4.78 is 86.6. The van der Waals surface area contributed by atoms with E-state index in [4.69, 9.17) is 0 Å². The van der Waals surface area contributed by atoms with Crippen molar-refractivity contribution < 1.29 is 35.9 Å². The molecule has 0 atom stereocenters. The summed E-state index contributed by atoms with van der Waals surface area (Å²) in [6.45, 7) is 0. The van der Waals surface area contributed by atoms with E-state index in [1.54, 1.807) is 0 Å². The third kappa shape index (κ3) is 2.85. The summed E-state index contributed by atoms with van der Waals surface area (Å²) in [6, 6.07) is 5.44. The second-order valence-electron chi connectivity index (χ2n) is 5.59. The maximum atomic E-state index is 14.3. The highest BCUT2D eigenvalue weighted by Gasteiger charge is 2.43. The normalized spacial score (nSPS) is 15.4. The Bertz CT molecular complexity index is 928.